The van der Waals surface area contributed by atoms with Crippen LogP contribution in [0.15, 0.2) is 65.8 Å². The molecular formula is C23H22N2OS. The van der Waals surface area contributed by atoms with E-state index in [4.69, 9.17) is 0 Å². The number of hydrazone groups is 1. The summed E-state index contributed by atoms with van der Waals surface area (Å²) in [7, 11) is 0. The molecule has 4 rings (SSSR count). The molecule has 136 valence electrons. The fraction of sp³-hybridized carbons (Fsp3) is 0.217. The van der Waals surface area contributed by atoms with Crippen molar-refractivity contribution in [2.75, 3.05) is 0 Å². The van der Waals surface area contributed by atoms with Gasteiger partial charge >= 0.3 is 0 Å². The molecule has 0 saturated heterocycles. The first-order valence-electron chi connectivity index (χ1n) is 9.29. The van der Waals surface area contributed by atoms with E-state index in [1.54, 1.807) is 17.6 Å². The summed E-state index contributed by atoms with van der Waals surface area (Å²) in [5.41, 5.74) is 7.29. The highest BCUT2D eigenvalue weighted by molar-refractivity contribution is 7.14. The number of fused-ring (bicyclic) bond motifs is 1. The number of hydrogen-bond acceptors (Lipinski definition) is 3. The Morgan fingerprint density at radius 1 is 1.11 bits per heavy atom. The van der Waals surface area contributed by atoms with Crippen molar-refractivity contribution in [1.82, 2.24) is 5.43 Å². The fourth-order valence-corrected chi connectivity index (χ4v) is 4.53. The van der Waals surface area contributed by atoms with E-state index >= 15 is 0 Å². The van der Waals surface area contributed by atoms with E-state index in [0.29, 0.717) is 5.92 Å². The van der Waals surface area contributed by atoms with E-state index in [1.165, 1.54) is 22.4 Å². The van der Waals surface area contributed by atoms with Crippen molar-refractivity contribution in [3.63, 3.8) is 0 Å². The van der Waals surface area contributed by atoms with E-state index in [2.05, 4.69) is 41.7 Å². The Balaban J connectivity index is 1.38. The van der Waals surface area contributed by atoms with Crippen LogP contribution in [0.4, 0.5) is 0 Å². The highest BCUT2D eigenvalue weighted by atomic mass is 32.1. The summed E-state index contributed by atoms with van der Waals surface area (Å²) in [4.78, 5) is 14.5. The predicted octanol–water partition coefficient (Wildman–Crippen LogP) is 5.30. The summed E-state index contributed by atoms with van der Waals surface area (Å²) in [6.07, 6.45) is 5.07. The summed E-state index contributed by atoms with van der Waals surface area (Å²) in [6, 6.07) is 20.4. The van der Waals surface area contributed by atoms with Crippen LogP contribution in [0.3, 0.4) is 0 Å². The Kier molecular flexibility index (Phi) is 5.16. The number of carbonyl (C=O) groups excluding carboxylic acids is 1. The molecule has 3 nitrogen and oxygen atoms in total. The molecule has 1 heterocycles. The number of benzene rings is 2. The van der Waals surface area contributed by atoms with Crippen molar-refractivity contribution >= 4 is 23.5 Å². The minimum atomic E-state index is -0.126. The standard InChI is InChI=1S/C23H22N2OS/c1-16-7-12-21-20(13-16)14-22(27-21)23(26)25-24-15-17-8-10-19(11-9-17)18-5-3-2-4-6-18/h2-6,8-11,14-16H,7,12-13H2,1H3,(H,25,26)/b24-15-/t16-/m1/s1. The average Bonchev–Trinajstić information content (AvgIpc) is 3.12. The minimum absolute atomic E-state index is 0.126. The van der Waals surface area contributed by atoms with Gasteiger partial charge in [0.25, 0.3) is 5.91 Å². The maximum absolute atomic E-state index is 12.4. The quantitative estimate of drug-likeness (QED) is 0.488. The lowest BCUT2D eigenvalue weighted by atomic mass is 9.90. The van der Waals surface area contributed by atoms with E-state index in [1.807, 2.05) is 36.4 Å². The Hall–Kier alpha value is -2.72. The first-order chi connectivity index (χ1) is 13.2. The molecule has 1 aromatic heterocycles. The zero-order valence-corrected chi connectivity index (χ0v) is 16.1. The highest BCUT2D eigenvalue weighted by Crippen LogP contribution is 2.32. The van der Waals surface area contributed by atoms with Gasteiger partial charge in [-0.15, -0.1) is 11.3 Å². The Morgan fingerprint density at radius 3 is 2.63 bits per heavy atom. The summed E-state index contributed by atoms with van der Waals surface area (Å²) >= 11 is 1.61. The molecule has 0 aliphatic heterocycles. The van der Waals surface area contributed by atoms with Gasteiger partial charge in [0.05, 0.1) is 11.1 Å². The van der Waals surface area contributed by atoms with E-state index in [9.17, 15) is 4.79 Å². The first kappa shape index (κ1) is 17.7. The number of thiophene rings is 1. The molecule has 0 spiro atoms. The maximum atomic E-state index is 12.4. The second-order valence-corrected chi connectivity index (χ2v) is 8.23. The third kappa shape index (κ3) is 4.17. The van der Waals surface area contributed by atoms with E-state index in [-0.39, 0.29) is 5.91 Å². The number of nitrogens with one attached hydrogen (secondary N) is 1. The van der Waals surface area contributed by atoms with Crippen molar-refractivity contribution in [1.29, 1.82) is 0 Å². The molecule has 2 aromatic carbocycles. The largest absolute Gasteiger partial charge is 0.281 e. The van der Waals surface area contributed by atoms with Gasteiger partial charge in [0.2, 0.25) is 0 Å². The molecule has 0 radical (unpaired) electrons. The molecular weight excluding hydrogens is 352 g/mol. The van der Waals surface area contributed by atoms with Crippen molar-refractivity contribution in [2.45, 2.75) is 26.2 Å². The summed E-state index contributed by atoms with van der Waals surface area (Å²) < 4.78 is 0. The molecule has 0 fully saturated rings. The lowest BCUT2D eigenvalue weighted by Gasteiger charge is -2.16. The Morgan fingerprint density at radius 2 is 1.85 bits per heavy atom. The lowest BCUT2D eigenvalue weighted by molar-refractivity contribution is 0.0959. The zero-order valence-electron chi connectivity index (χ0n) is 15.3. The maximum Gasteiger partial charge on any atom is 0.281 e. The van der Waals surface area contributed by atoms with E-state index in [0.717, 1.165) is 28.8 Å². The first-order valence-corrected chi connectivity index (χ1v) is 10.1. The number of carbonyl (C=O) groups is 1. The topological polar surface area (TPSA) is 41.5 Å². The summed E-state index contributed by atoms with van der Waals surface area (Å²) in [5.74, 6) is 0.582. The van der Waals surface area contributed by atoms with Crippen LogP contribution in [0, 0.1) is 5.92 Å². The molecule has 0 saturated carbocycles. The number of hydrogen-bond donors (Lipinski definition) is 1. The summed E-state index contributed by atoms with van der Waals surface area (Å²) in [5, 5.41) is 4.12. The smallest absolute Gasteiger partial charge is 0.266 e. The molecule has 0 unspecified atom stereocenters. The Labute approximate surface area is 163 Å². The van der Waals surface area contributed by atoms with Crippen LogP contribution in [0.25, 0.3) is 11.1 Å². The normalized spacial score (nSPS) is 16.3. The predicted molar refractivity (Wildman–Crippen MR) is 112 cm³/mol. The SMILES string of the molecule is C[C@@H]1CCc2sc(C(=O)N/N=C\c3ccc(-c4ccccc4)cc3)cc2C1. The zero-order chi connectivity index (χ0) is 18.6. The second kappa shape index (κ2) is 7.89. The molecule has 3 aromatic rings. The highest BCUT2D eigenvalue weighted by Gasteiger charge is 2.20. The van der Waals surface area contributed by atoms with Crippen molar-refractivity contribution in [3.05, 3.63) is 81.5 Å². The van der Waals surface area contributed by atoms with Crippen LogP contribution >= 0.6 is 11.3 Å². The number of aryl methyl sites for hydroxylation is 1. The van der Waals surface area contributed by atoms with Crippen LogP contribution in [0.5, 0.6) is 0 Å². The lowest BCUT2D eigenvalue weighted by Crippen LogP contribution is -2.16. The minimum Gasteiger partial charge on any atom is -0.266 e. The van der Waals surface area contributed by atoms with Gasteiger partial charge in [-0.25, -0.2) is 5.43 Å². The number of rotatable bonds is 4. The van der Waals surface area contributed by atoms with Crippen LogP contribution in [-0.4, -0.2) is 12.1 Å². The molecule has 1 aliphatic rings. The van der Waals surface area contributed by atoms with Gasteiger partial charge in [-0.05, 0) is 53.5 Å². The Bertz CT molecular complexity index is 958. The number of nitrogens with zero attached hydrogens (tertiary/aromatic N) is 1. The van der Waals surface area contributed by atoms with Crippen LogP contribution < -0.4 is 5.43 Å². The van der Waals surface area contributed by atoms with Gasteiger partial charge in [0, 0.05) is 4.88 Å². The number of amides is 1. The average molecular weight is 375 g/mol. The van der Waals surface area contributed by atoms with E-state index < -0.39 is 0 Å². The van der Waals surface area contributed by atoms with Gasteiger partial charge in [-0.2, -0.15) is 5.10 Å². The van der Waals surface area contributed by atoms with Crippen molar-refractivity contribution < 1.29 is 4.79 Å². The van der Waals surface area contributed by atoms with Crippen molar-refractivity contribution in [3.8, 4) is 11.1 Å². The molecule has 0 bridgehead atoms. The van der Waals surface area contributed by atoms with Gasteiger partial charge in [-0.1, -0.05) is 61.5 Å². The fourth-order valence-electron chi connectivity index (χ4n) is 3.43. The molecule has 1 aliphatic carbocycles. The van der Waals surface area contributed by atoms with Gasteiger partial charge < -0.3 is 0 Å². The van der Waals surface area contributed by atoms with Crippen LogP contribution in [-0.2, 0) is 12.8 Å². The van der Waals surface area contributed by atoms with Crippen molar-refractivity contribution in [2.24, 2.45) is 11.0 Å². The van der Waals surface area contributed by atoms with Crippen LogP contribution in [0.1, 0.15) is 39.0 Å². The molecule has 1 N–H and O–H groups in total. The summed E-state index contributed by atoms with van der Waals surface area (Å²) in [6.45, 7) is 2.27. The molecule has 4 heteroatoms. The third-order valence-electron chi connectivity index (χ3n) is 4.95. The third-order valence-corrected chi connectivity index (χ3v) is 6.19. The molecule has 1 atom stereocenters. The molecule has 27 heavy (non-hydrogen) atoms. The second-order valence-electron chi connectivity index (χ2n) is 7.09. The van der Waals surface area contributed by atoms with Gasteiger partial charge in [-0.3, -0.25) is 4.79 Å². The van der Waals surface area contributed by atoms with Gasteiger partial charge in [0.15, 0.2) is 0 Å². The van der Waals surface area contributed by atoms with Crippen LogP contribution in [0.2, 0.25) is 0 Å². The molecule has 1 amide bonds. The van der Waals surface area contributed by atoms with Gasteiger partial charge in [0.1, 0.15) is 0 Å². The monoisotopic (exact) mass is 374 g/mol.